The summed E-state index contributed by atoms with van der Waals surface area (Å²) in [6.07, 6.45) is 1.87. The SMILES string of the molecule is CN(C)C(=O)[C@@H]1CC[C@H](C(=O)N2CCC(c3nc(-c4ccccc4)n[nH]3)CC2)O1. The van der Waals surface area contributed by atoms with Gasteiger partial charge in [0.2, 0.25) is 0 Å². The Hall–Kier alpha value is -2.74. The lowest BCUT2D eigenvalue weighted by atomic mass is 9.95. The fourth-order valence-electron chi connectivity index (χ4n) is 4.04. The zero-order valence-electron chi connectivity index (χ0n) is 16.9. The summed E-state index contributed by atoms with van der Waals surface area (Å²) in [6, 6.07) is 9.89. The molecule has 1 aromatic heterocycles. The molecular weight excluding hydrogens is 370 g/mol. The van der Waals surface area contributed by atoms with Crippen molar-refractivity contribution in [1.82, 2.24) is 25.0 Å². The van der Waals surface area contributed by atoms with Gasteiger partial charge >= 0.3 is 0 Å². The van der Waals surface area contributed by atoms with E-state index < -0.39 is 12.2 Å². The molecule has 8 heteroatoms. The Morgan fingerprint density at radius 1 is 1.07 bits per heavy atom. The summed E-state index contributed by atoms with van der Waals surface area (Å²) in [7, 11) is 3.41. The third-order valence-electron chi connectivity index (χ3n) is 5.74. The lowest BCUT2D eigenvalue weighted by Gasteiger charge is -2.32. The van der Waals surface area contributed by atoms with Crippen molar-refractivity contribution in [2.45, 2.75) is 43.8 Å². The number of piperidine rings is 1. The number of nitrogens with zero attached hydrogens (tertiary/aromatic N) is 4. The quantitative estimate of drug-likeness (QED) is 0.850. The maximum atomic E-state index is 12.8. The molecule has 1 aromatic carbocycles. The first-order valence-electron chi connectivity index (χ1n) is 10.2. The van der Waals surface area contributed by atoms with E-state index in [0.29, 0.717) is 31.8 Å². The highest BCUT2D eigenvalue weighted by Crippen LogP contribution is 2.29. The van der Waals surface area contributed by atoms with E-state index in [2.05, 4.69) is 15.2 Å². The van der Waals surface area contributed by atoms with E-state index in [1.807, 2.05) is 35.2 Å². The van der Waals surface area contributed by atoms with Crippen LogP contribution in [0, 0.1) is 0 Å². The highest BCUT2D eigenvalue weighted by molar-refractivity contribution is 5.84. The predicted octanol–water partition coefficient (Wildman–Crippen LogP) is 1.81. The van der Waals surface area contributed by atoms with Crippen molar-refractivity contribution < 1.29 is 14.3 Å². The van der Waals surface area contributed by atoms with Crippen LogP contribution in [0.3, 0.4) is 0 Å². The maximum Gasteiger partial charge on any atom is 0.251 e. The van der Waals surface area contributed by atoms with Gasteiger partial charge in [0, 0.05) is 38.7 Å². The Morgan fingerprint density at radius 3 is 2.45 bits per heavy atom. The first kappa shape index (κ1) is 19.6. The number of aromatic nitrogens is 3. The summed E-state index contributed by atoms with van der Waals surface area (Å²) in [5, 5.41) is 7.42. The topological polar surface area (TPSA) is 91.4 Å². The molecule has 2 amide bonds. The lowest BCUT2D eigenvalue weighted by Crippen LogP contribution is -2.44. The van der Waals surface area contributed by atoms with Gasteiger partial charge in [0.05, 0.1) is 0 Å². The second kappa shape index (κ2) is 8.32. The Kier molecular flexibility index (Phi) is 5.62. The van der Waals surface area contributed by atoms with Gasteiger partial charge in [-0.15, -0.1) is 0 Å². The standard InChI is InChI=1S/C21H27N5O3/c1-25(2)20(27)16-8-9-17(29-16)21(28)26-12-10-15(11-13-26)19-22-18(23-24-19)14-6-4-3-5-7-14/h3-7,15-17H,8-13H2,1-2H3,(H,22,23,24)/t16-,17+/m0/s1. The second-order valence-corrected chi connectivity index (χ2v) is 7.93. The van der Waals surface area contributed by atoms with Crippen LogP contribution in [0.15, 0.2) is 30.3 Å². The van der Waals surface area contributed by atoms with Crippen LogP contribution in [0.5, 0.6) is 0 Å². The van der Waals surface area contributed by atoms with Crippen LogP contribution in [-0.2, 0) is 14.3 Å². The molecule has 29 heavy (non-hydrogen) atoms. The minimum Gasteiger partial charge on any atom is -0.355 e. The van der Waals surface area contributed by atoms with Gasteiger partial charge in [0.15, 0.2) is 5.82 Å². The summed E-state index contributed by atoms with van der Waals surface area (Å²) in [5.74, 6) is 1.77. The number of ether oxygens (including phenoxy) is 1. The number of amides is 2. The normalized spacial score (nSPS) is 22.6. The molecule has 1 N–H and O–H groups in total. The van der Waals surface area contributed by atoms with Crippen molar-refractivity contribution in [2.75, 3.05) is 27.2 Å². The van der Waals surface area contributed by atoms with Gasteiger partial charge in [-0.3, -0.25) is 14.7 Å². The van der Waals surface area contributed by atoms with Gasteiger partial charge in [-0.25, -0.2) is 4.98 Å². The molecule has 2 atom stereocenters. The first-order chi connectivity index (χ1) is 14.0. The minimum absolute atomic E-state index is 0.0000469. The van der Waals surface area contributed by atoms with Gasteiger partial charge in [0.1, 0.15) is 18.0 Å². The molecule has 2 aliphatic rings. The average Bonchev–Trinajstić information content (AvgIpc) is 3.43. The highest BCUT2D eigenvalue weighted by atomic mass is 16.5. The molecule has 2 saturated heterocycles. The molecule has 0 unspecified atom stereocenters. The molecule has 0 bridgehead atoms. The number of likely N-dealkylation sites (N-methyl/N-ethyl adjacent to an activating group) is 1. The molecule has 4 rings (SSSR count). The van der Waals surface area contributed by atoms with Crippen molar-refractivity contribution >= 4 is 11.8 Å². The monoisotopic (exact) mass is 397 g/mol. The largest absolute Gasteiger partial charge is 0.355 e. The Balaban J connectivity index is 1.31. The molecule has 2 aromatic rings. The minimum atomic E-state index is -0.504. The zero-order valence-corrected chi connectivity index (χ0v) is 16.9. The van der Waals surface area contributed by atoms with E-state index >= 15 is 0 Å². The number of H-pyrrole nitrogens is 1. The molecular formula is C21H27N5O3. The number of likely N-dealkylation sites (tertiary alicyclic amines) is 1. The Labute approximate surface area is 170 Å². The average molecular weight is 397 g/mol. The van der Waals surface area contributed by atoms with Gasteiger partial charge < -0.3 is 14.5 Å². The third kappa shape index (κ3) is 4.17. The van der Waals surface area contributed by atoms with Crippen molar-refractivity contribution in [3.63, 3.8) is 0 Å². The summed E-state index contributed by atoms with van der Waals surface area (Å²) in [6.45, 7) is 1.33. The fourth-order valence-corrected chi connectivity index (χ4v) is 4.04. The molecule has 0 saturated carbocycles. The van der Waals surface area contributed by atoms with Gasteiger partial charge in [-0.2, -0.15) is 5.10 Å². The van der Waals surface area contributed by atoms with E-state index in [9.17, 15) is 9.59 Å². The molecule has 2 fully saturated rings. The van der Waals surface area contributed by atoms with E-state index in [0.717, 1.165) is 24.2 Å². The molecule has 0 spiro atoms. The van der Waals surface area contributed by atoms with Gasteiger partial charge in [0.25, 0.3) is 11.8 Å². The summed E-state index contributed by atoms with van der Waals surface area (Å²) in [5.41, 5.74) is 0.989. The fraction of sp³-hybridized carbons (Fsp3) is 0.524. The number of carbonyl (C=O) groups excluding carboxylic acids is 2. The van der Waals surface area contributed by atoms with Gasteiger partial charge in [-0.1, -0.05) is 30.3 Å². The molecule has 2 aliphatic heterocycles. The molecule has 8 nitrogen and oxygen atoms in total. The number of benzene rings is 1. The van der Waals surface area contributed by atoms with Crippen LogP contribution in [-0.4, -0.2) is 76.2 Å². The zero-order chi connectivity index (χ0) is 20.4. The van der Waals surface area contributed by atoms with Gasteiger partial charge in [-0.05, 0) is 25.7 Å². The summed E-state index contributed by atoms with van der Waals surface area (Å²) >= 11 is 0. The Morgan fingerprint density at radius 2 is 1.76 bits per heavy atom. The smallest absolute Gasteiger partial charge is 0.251 e. The second-order valence-electron chi connectivity index (χ2n) is 7.93. The number of hydrogen-bond acceptors (Lipinski definition) is 5. The van der Waals surface area contributed by atoms with Crippen molar-refractivity contribution in [3.8, 4) is 11.4 Å². The van der Waals surface area contributed by atoms with Crippen molar-refractivity contribution in [3.05, 3.63) is 36.2 Å². The van der Waals surface area contributed by atoms with Crippen LogP contribution < -0.4 is 0 Å². The number of hydrogen-bond donors (Lipinski definition) is 1. The number of carbonyl (C=O) groups is 2. The van der Waals surface area contributed by atoms with Crippen LogP contribution in [0.1, 0.15) is 37.4 Å². The number of aromatic amines is 1. The summed E-state index contributed by atoms with van der Waals surface area (Å²) < 4.78 is 5.75. The van der Waals surface area contributed by atoms with Crippen molar-refractivity contribution in [1.29, 1.82) is 0 Å². The molecule has 0 radical (unpaired) electrons. The lowest BCUT2D eigenvalue weighted by molar-refractivity contribution is -0.150. The van der Waals surface area contributed by atoms with E-state index in [4.69, 9.17) is 4.74 Å². The number of rotatable bonds is 4. The first-order valence-corrected chi connectivity index (χ1v) is 10.2. The van der Waals surface area contributed by atoms with E-state index in [1.165, 1.54) is 4.90 Å². The number of nitrogens with one attached hydrogen (secondary N) is 1. The molecule has 154 valence electrons. The van der Waals surface area contributed by atoms with E-state index in [-0.39, 0.29) is 17.7 Å². The molecule has 0 aliphatic carbocycles. The maximum absolute atomic E-state index is 12.8. The third-order valence-corrected chi connectivity index (χ3v) is 5.74. The summed E-state index contributed by atoms with van der Waals surface area (Å²) in [4.78, 5) is 32.9. The van der Waals surface area contributed by atoms with Crippen LogP contribution >= 0.6 is 0 Å². The van der Waals surface area contributed by atoms with Crippen LogP contribution in [0.25, 0.3) is 11.4 Å². The van der Waals surface area contributed by atoms with Crippen molar-refractivity contribution in [2.24, 2.45) is 0 Å². The Bertz CT molecular complexity index is 858. The predicted molar refractivity (Wildman–Crippen MR) is 107 cm³/mol. The van der Waals surface area contributed by atoms with Crippen LogP contribution in [0.4, 0.5) is 0 Å². The highest BCUT2D eigenvalue weighted by Gasteiger charge is 2.38. The molecule has 3 heterocycles. The van der Waals surface area contributed by atoms with Crippen LogP contribution in [0.2, 0.25) is 0 Å². The van der Waals surface area contributed by atoms with E-state index in [1.54, 1.807) is 14.1 Å².